The zero-order valence-electron chi connectivity index (χ0n) is 7.79. The average molecular weight is 183 g/mol. The number of hydrogen-bond acceptors (Lipinski definition) is 2. The Hall–Kier alpha value is -0.930. The lowest BCUT2D eigenvalue weighted by Crippen LogP contribution is -2.24. The highest BCUT2D eigenvalue weighted by molar-refractivity contribution is 5.27. The van der Waals surface area contributed by atoms with Crippen molar-refractivity contribution in [2.75, 3.05) is 0 Å². The number of aliphatic hydroxyl groups excluding tert-OH is 1. The molecule has 0 aliphatic carbocycles. The van der Waals surface area contributed by atoms with Crippen molar-refractivity contribution in [3.63, 3.8) is 0 Å². The van der Waals surface area contributed by atoms with Crippen molar-refractivity contribution in [3.05, 3.63) is 35.1 Å². The molecule has 0 amide bonds. The quantitative estimate of drug-likeness (QED) is 0.730. The van der Waals surface area contributed by atoms with Gasteiger partial charge in [0.25, 0.3) is 0 Å². The van der Waals surface area contributed by atoms with Crippen LogP contribution in [0.5, 0.6) is 0 Å². The minimum atomic E-state index is -0.740. The summed E-state index contributed by atoms with van der Waals surface area (Å²) < 4.78 is 13.2. The number of halogens is 1. The monoisotopic (exact) mass is 183 g/mol. The third kappa shape index (κ3) is 2.26. The van der Waals surface area contributed by atoms with Gasteiger partial charge in [0.2, 0.25) is 0 Å². The zero-order chi connectivity index (χ0) is 10.0. The number of hydrogen-bond donors (Lipinski definition) is 2. The van der Waals surface area contributed by atoms with Crippen LogP contribution in [-0.4, -0.2) is 11.2 Å². The van der Waals surface area contributed by atoms with Gasteiger partial charge in [-0.1, -0.05) is 17.7 Å². The molecular formula is C10H14FNO. The Bertz CT molecular complexity index is 299. The lowest BCUT2D eigenvalue weighted by Gasteiger charge is -2.16. The van der Waals surface area contributed by atoms with E-state index < -0.39 is 12.1 Å². The summed E-state index contributed by atoms with van der Waals surface area (Å²) in [6, 6.07) is 4.05. The molecule has 1 aromatic carbocycles. The standard InChI is InChI=1S/C10H14FNO/c1-6-3-4-9(11)8(5-6)10(12)7(2)13/h3-5,7,10,13H,12H2,1-2H3/t7-,10-/m0/s1. The first-order valence-electron chi connectivity index (χ1n) is 4.22. The molecule has 0 saturated carbocycles. The van der Waals surface area contributed by atoms with Crippen LogP contribution in [0, 0.1) is 12.7 Å². The van der Waals surface area contributed by atoms with Gasteiger partial charge in [-0.25, -0.2) is 4.39 Å². The molecule has 3 heteroatoms. The molecule has 0 heterocycles. The van der Waals surface area contributed by atoms with E-state index in [1.54, 1.807) is 19.1 Å². The van der Waals surface area contributed by atoms with E-state index in [9.17, 15) is 9.50 Å². The molecule has 13 heavy (non-hydrogen) atoms. The minimum absolute atomic E-state index is 0.362. The molecule has 0 unspecified atom stereocenters. The molecule has 0 saturated heterocycles. The van der Waals surface area contributed by atoms with Crippen LogP contribution in [0.15, 0.2) is 18.2 Å². The highest BCUT2D eigenvalue weighted by atomic mass is 19.1. The Morgan fingerprint density at radius 2 is 2.08 bits per heavy atom. The summed E-state index contributed by atoms with van der Waals surface area (Å²) in [5.41, 5.74) is 6.93. The van der Waals surface area contributed by atoms with Crippen molar-refractivity contribution in [1.82, 2.24) is 0 Å². The first-order chi connectivity index (χ1) is 6.02. The zero-order valence-corrected chi connectivity index (χ0v) is 7.79. The van der Waals surface area contributed by atoms with Crippen LogP contribution >= 0.6 is 0 Å². The first-order valence-corrected chi connectivity index (χ1v) is 4.22. The highest BCUT2D eigenvalue weighted by Gasteiger charge is 2.15. The van der Waals surface area contributed by atoms with E-state index in [1.165, 1.54) is 6.07 Å². The maximum absolute atomic E-state index is 13.2. The van der Waals surface area contributed by atoms with E-state index in [2.05, 4.69) is 0 Å². The molecule has 1 rings (SSSR count). The van der Waals surface area contributed by atoms with Gasteiger partial charge in [0, 0.05) is 5.56 Å². The lowest BCUT2D eigenvalue weighted by molar-refractivity contribution is 0.162. The summed E-state index contributed by atoms with van der Waals surface area (Å²) in [4.78, 5) is 0. The maximum atomic E-state index is 13.2. The van der Waals surface area contributed by atoms with Crippen LogP contribution in [0.1, 0.15) is 24.1 Å². The predicted octanol–water partition coefficient (Wildman–Crippen LogP) is 1.51. The molecule has 2 atom stereocenters. The second-order valence-corrected chi connectivity index (χ2v) is 3.29. The molecule has 0 aliphatic rings. The Morgan fingerprint density at radius 1 is 1.46 bits per heavy atom. The van der Waals surface area contributed by atoms with Gasteiger partial charge in [0.15, 0.2) is 0 Å². The number of nitrogens with two attached hydrogens (primary N) is 1. The third-order valence-corrected chi connectivity index (χ3v) is 2.03. The molecule has 0 aliphatic heterocycles. The van der Waals surface area contributed by atoms with E-state index >= 15 is 0 Å². The Labute approximate surface area is 77.2 Å². The van der Waals surface area contributed by atoms with Crippen molar-refractivity contribution >= 4 is 0 Å². The van der Waals surface area contributed by atoms with Crippen molar-refractivity contribution in [2.24, 2.45) is 5.73 Å². The number of rotatable bonds is 2. The van der Waals surface area contributed by atoms with E-state index in [1.807, 2.05) is 6.92 Å². The van der Waals surface area contributed by atoms with Crippen molar-refractivity contribution in [1.29, 1.82) is 0 Å². The predicted molar refractivity (Wildman–Crippen MR) is 49.7 cm³/mol. The molecule has 1 aromatic rings. The summed E-state index contributed by atoms with van der Waals surface area (Å²) in [5, 5.41) is 9.20. The summed E-state index contributed by atoms with van der Waals surface area (Å²) >= 11 is 0. The van der Waals surface area contributed by atoms with E-state index in [0.717, 1.165) is 5.56 Å². The van der Waals surface area contributed by atoms with Gasteiger partial charge in [-0.2, -0.15) is 0 Å². The molecule has 0 bridgehead atoms. The normalized spacial score (nSPS) is 15.5. The van der Waals surface area contributed by atoms with Gasteiger partial charge in [0.05, 0.1) is 12.1 Å². The SMILES string of the molecule is Cc1ccc(F)c([C@@H](N)[C@H](C)O)c1. The smallest absolute Gasteiger partial charge is 0.128 e. The number of aryl methyl sites for hydroxylation is 1. The van der Waals surface area contributed by atoms with Gasteiger partial charge in [-0.3, -0.25) is 0 Å². The molecule has 0 fully saturated rings. The van der Waals surface area contributed by atoms with Gasteiger partial charge in [-0.15, -0.1) is 0 Å². The molecule has 2 nitrogen and oxygen atoms in total. The van der Waals surface area contributed by atoms with Crippen LogP contribution in [0.3, 0.4) is 0 Å². The summed E-state index contributed by atoms with van der Waals surface area (Å²) in [6.45, 7) is 3.41. The Kier molecular flexibility index (Phi) is 3.01. The second kappa shape index (κ2) is 3.85. The topological polar surface area (TPSA) is 46.2 Å². The molecular weight excluding hydrogens is 169 g/mol. The fourth-order valence-electron chi connectivity index (χ4n) is 1.18. The summed E-state index contributed by atoms with van der Waals surface area (Å²) in [6.07, 6.45) is -0.740. The van der Waals surface area contributed by atoms with Gasteiger partial charge in [0.1, 0.15) is 5.82 Å². The number of benzene rings is 1. The fourth-order valence-corrected chi connectivity index (χ4v) is 1.18. The molecule has 3 N–H and O–H groups in total. The highest BCUT2D eigenvalue weighted by Crippen LogP contribution is 2.19. The summed E-state index contributed by atoms with van der Waals surface area (Å²) in [5.74, 6) is -0.362. The maximum Gasteiger partial charge on any atom is 0.128 e. The van der Waals surface area contributed by atoms with Crippen LogP contribution in [0.4, 0.5) is 4.39 Å². The molecule has 0 radical (unpaired) electrons. The van der Waals surface area contributed by atoms with Gasteiger partial charge < -0.3 is 10.8 Å². The largest absolute Gasteiger partial charge is 0.391 e. The van der Waals surface area contributed by atoms with Crippen molar-refractivity contribution < 1.29 is 9.50 Å². The average Bonchev–Trinajstić information content (AvgIpc) is 2.08. The van der Waals surface area contributed by atoms with E-state index in [-0.39, 0.29) is 5.82 Å². The van der Waals surface area contributed by atoms with E-state index in [0.29, 0.717) is 5.56 Å². The molecule has 0 spiro atoms. The summed E-state index contributed by atoms with van der Waals surface area (Å²) in [7, 11) is 0. The fraction of sp³-hybridized carbons (Fsp3) is 0.400. The van der Waals surface area contributed by atoms with Crippen LogP contribution < -0.4 is 5.73 Å². The number of aliphatic hydroxyl groups is 1. The van der Waals surface area contributed by atoms with Crippen LogP contribution in [0.25, 0.3) is 0 Å². The Morgan fingerprint density at radius 3 is 2.62 bits per heavy atom. The van der Waals surface area contributed by atoms with Gasteiger partial charge in [-0.05, 0) is 19.9 Å². The van der Waals surface area contributed by atoms with Gasteiger partial charge >= 0.3 is 0 Å². The van der Waals surface area contributed by atoms with Crippen molar-refractivity contribution in [2.45, 2.75) is 26.0 Å². The third-order valence-electron chi connectivity index (χ3n) is 2.03. The molecule has 0 aromatic heterocycles. The second-order valence-electron chi connectivity index (χ2n) is 3.29. The Balaban J connectivity index is 3.05. The molecule has 72 valence electrons. The first kappa shape index (κ1) is 10.2. The minimum Gasteiger partial charge on any atom is -0.391 e. The van der Waals surface area contributed by atoms with Crippen LogP contribution in [-0.2, 0) is 0 Å². The van der Waals surface area contributed by atoms with Crippen LogP contribution in [0.2, 0.25) is 0 Å². The van der Waals surface area contributed by atoms with E-state index in [4.69, 9.17) is 5.73 Å². The lowest BCUT2D eigenvalue weighted by atomic mass is 10.0. The van der Waals surface area contributed by atoms with Crippen molar-refractivity contribution in [3.8, 4) is 0 Å².